The van der Waals surface area contributed by atoms with Crippen LogP contribution >= 0.6 is 0 Å². The Morgan fingerprint density at radius 1 is 0.458 bits per heavy atom. The van der Waals surface area contributed by atoms with E-state index in [-0.39, 0.29) is 5.92 Å². The van der Waals surface area contributed by atoms with Gasteiger partial charge in [-0.15, -0.1) is 0 Å². The normalized spacial score (nSPS) is 13.9. The summed E-state index contributed by atoms with van der Waals surface area (Å²) >= 11 is 0. The van der Waals surface area contributed by atoms with Gasteiger partial charge in [-0.1, -0.05) is 152 Å². The van der Waals surface area contributed by atoms with Crippen molar-refractivity contribution in [3.8, 4) is 44.9 Å². The molecule has 2 heteroatoms. The van der Waals surface area contributed by atoms with E-state index in [0.29, 0.717) is 0 Å². The Hall–Kier alpha value is -6.12. The van der Waals surface area contributed by atoms with E-state index in [1.54, 1.807) is 0 Å². The van der Waals surface area contributed by atoms with Crippen LogP contribution in [0.15, 0.2) is 164 Å². The van der Waals surface area contributed by atoms with Gasteiger partial charge in [-0.3, -0.25) is 0 Å². The van der Waals surface area contributed by atoms with Crippen molar-refractivity contribution >= 4 is 33.7 Å². The van der Waals surface area contributed by atoms with Gasteiger partial charge in [-0.2, -0.15) is 0 Å². The Bertz CT molecular complexity index is 2600. The first kappa shape index (κ1) is 28.1. The Morgan fingerprint density at radius 3 is 1.88 bits per heavy atom. The monoisotopic (exact) mass is 612 g/mol. The van der Waals surface area contributed by atoms with Crippen LogP contribution in [0.2, 0.25) is 0 Å². The lowest BCUT2D eigenvalue weighted by atomic mass is 9.83. The van der Waals surface area contributed by atoms with E-state index in [1.807, 2.05) is 18.3 Å². The van der Waals surface area contributed by atoms with Gasteiger partial charge in [0.15, 0.2) is 5.82 Å². The summed E-state index contributed by atoms with van der Waals surface area (Å²) in [4.78, 5) is 9.77. The minimum absolute atomic E-state index is 0.262. The highest BCUT2D eigenvalue weighted by Gasteiger charge is 2.18. The number of aromatic nitrogens is 2. The van der Waals surface area contributed by atoms with Crippen LogP contribution in [-0.4, -0.2) is 9.97 Å². The molecule has 1 heterocycles. The highest BCUT2D eigenvalue weighted by Crippen LogP contribution is 2.35. The van der Waals surface area contributed by atoms with Gasteiger partial charge in [-0.25, -0.2) is 9.97 Å². The van der Waals surface area contributed by atoms with Crippen LogP contribution in [0.4, 0.5) is 0 Å². The first-order valence-corrected chi connectivity index (χ1v) is 16.6. The smallest absolute Gasteiger partial charge is 0.159 e. The van der Waals surface area contributed by atoms with E-state index in [4.69, 9.17) is 9.97 Å². The second kappa shape index (κ2) is 11.9. The van der Waals surface area contributed by atoms with Gasteiger partial charge >= 0.3 is 0 Å². The molecular weight excluding hydrogens is 581 g/mol. The molecule has 0 saturated carbocycles. The topological polar surface area (TPSA) is 25.8 Å². The Kier molecular flexibility index (Phi) is 6.98. The molecule has 1 unspecified atom stereocenters. The molecule has 1 atom stereocenters. The molecule has 9 rings (SSSR count). The van der Waals surface area contributed by atoms with Crippen molar-refractivity contribution in [1.29, 1.82) is 0 Å². The molecule has 0 bridgehead atoms. The van der Waals surface area contributed by atoms with E-state index in [2.05, 4.69) is 158 Å². The highest BCUT2D eigenvalue weighted by atomic mass is 14.9. The summed E-state index contributed by atoms with van der Waals surface area (Å²) < 4.78 is 0. The average molecular weight is 613 g/mol. The quantitative estimate of drug-likeness (QED) is 0.181. The zero-order valence-corrected chi connectivity index (χ0v) is 26.4. The van der Waals surface area contributed by atoms with Crippen molar-refractivity contribution in [3.05, 3.63) is 180 Å². The molecule has 0 fully saturated rings. The summed E-state index contributed by atoms with van der Waals surface area (Å²) in [6.07, 6.45) is 7.78. The predicted molar refractivity (Wildman–Crippen MR) is 201 cm³/mol. The van der Waals surface area contributed by atoms with E-state index in [0.717, 1.165) is 29.1 Å². The number of rotatable bonds is 5. The minimum Gasteiger partial charge on any atom is -0.237 e. The van der Waals surface area contributed by atoms with Crippen LogP contribution in [-0.2, 0) is 0 Å². The SMILES string of the molecule is C1=c2c(c3ccccc3c3ccccc23)=CC(c2ccccc2-c2cccc(-c3nccc(-c4cccc(-c5ccccc5)c4)n3)c2)C1. The molecule has 7 aromatic carbocycles. The third kappa shape index (κ3) is 4.99. The molecule has 2 nitrogen and oxygen atoms in total. The third-order valence-electron chi connectivity index (χ3n) is 9.67. The fraction of sp³-hybridized carbons (Fsp3) is 0.0435. The molecule has 1 aliphatic rings. The zero-order chi connectivity index (χ0) is 31.9. The van der Waals surface area contributed by atoms with Crippen LogP contribution in [0.25, 0.3) is 78.6 Å². The van der Waals surface area contributed by atoms with Gasteiger partial charge < -0.3 is 0 Å². The number of nitrogens with zero attached hydrogens (tertiary/aromatic N) is 2. The number of benzene rings is 7. The molecule has 48 heavy (non-hydrogen) atoms. The van der Waals surface area contributed by atoms with Crippen LogP contribution < -0.4 is 10.4 Å². The first-order valence-electron chi connectivity index (χ1n) is 16.6. The van der Waals surface area contributed by atoms with Gasteiger partial charge in [0.05, 0.1) is 5.69 Å². The van der Waals surface area contributed by atoms with E-state index >= 15 is 0 Å². The summed E-state index contributed by atoms with van der Waals surface area (Å²) in [5, 5.41) is 7.97. The van der Waals surface area contributed by atoms with Crippen LogP contribution in [0.3, 0.4) is 0 Å². The van der Waals surface area contributed by atoms with Crippen LogP contribution in [0.1, 0.15) is 17.9 Å². The Morgan fingerprint density at radius 2 is 1.06 bits per heavy atom. The predicted octanol–water partition coefficient (Wildman–Crippen LogP) is 10.2. The lowest BCUT2D eigenvalue weighted by Gasteiger charge is -2.20. The molecule has 0 N–H and O–H groups in total. The van der Waals surface area contributed by atoms with Gasteiger partial charge in [0.25, 0.3) is 0 Å². The average Bonchev–Trinajstić information content (AvgIpc) is 3.18. The molecule has 226 valence electrons. The molecule has 1 aliphatic carbocycles. The maximum absolute atomic E-state index is 5.05. The van der Waals surface area contributed by atoms with Crippen molar-refractivity contribution in [2.45, 2.75) is 12.3 Å². The van der Waals surface area contributed by atoms with Crippen LogP contribution in [0.5, 0.6) is 0 Å². The maximum Gasteiger partial charge on any atom is 0.159 e. The number of fused-ring (bicyclic) bond motifs is 6. The number of hydrogen-bond donors (Lipinski definition) is 0. The van der Waals surface area contributed by atoms with Gasteiger partial charge in [-0.05, 0) is 84.4 Å². The molecule has 0 aliphatic heterocycles. The van der Waals surface area contributed by atoms with Crippen molar-refractivity contribution in [3.63, 3.8) is 0 Å². The second-order valence-corrected chi connectivity index (χ2v) is 12.5. The lowest BCUT2D eigenvalue weighted by Crippen LogP contribution is -2.30. The van der Waals surface area contributed by atoms with Crippen LogP contribution in [0, 0.1) is 0 Å². The Balaban J connectivity index is 1.10. The molecule has 0 radical (unpaired) electrons. The van der Waals surface area contributed by atoms with E-state index in [9.17, 15) is 0 Å². The summed E-state index contributed by atoms with van der Waals surface area (Å²) in [6.45, 7) is 0. The molecule has 1 aromatic heterocycles. The molecule has 8 aromatic rings. The first-order chi connectivity index (χ1) is 23.8. The Labute approximate surface area is 280 Å². The van der Waals surface area contributed by atoms with E-state index in [1.165, 1.54) is 59.8 Å². The summed E-state index contributed by atoms with van der Waals surface area (Å²) in [7, 11) is 0. The lowest BCUT2D eigenvalue weighted by molar-refractivity contribution is 0.926. The summed E-state index contributed by atoms with van der Waals surface area (Å²) in [5.41, 5.74) is 9.11. The highest BCUT2D eigenvalue weighted by molar-refractivity contribution is 6.08. The van der Waals surface area contributed by atoms with Gasteiger partial charge in [0.2, 0.25) is 0 Å². The minimum atomic E-state index is 0.262. The fourth-order valence-electron chi connectivity index (χ4n) is 7.38. The summed E-state index contributed by atoms with van der Waals surface area (Å²) in [5.74, 6) is 0.986. The van der Waals surface area contributed by atoms with Crippen molar-refractivity contribution in [1.82, 2.24) is 9.97 Å². The van der Waals surface area contributed by atoms with Gasteiger partial charge in [0, 0.05) is 23.2 Å². The van der Waals surface area contributed by atoms with E-state index < -0.39 is 0 Å². The molecule has 0 amide bonds. The second-order valence-electron chi connectivity index (χ2n) is 12.5. The fourth-order valence-corrected chi connectivity index (χ4v) is 7.38. The maximum atomic E-state index is 5.05. The van der Waals surface area contributed by atoms with Gasteiger partial charge in [0.1, 0.15) is 0 Å². The standard InChI is InChI=1S/C46H32N2/c1-2-12-31(13-3-1)32-14-10-16-35(28-32)45-26-27-47-46(48-45)36-17-11-15-33(29-36)37-18-4-5-19-38(37)34-24-25-43-41-22-7-6-20-39(41)40-21-8-9-23-42(40)44(43)30-34/h1-23,25-30,34H,24H2. The molecule has 0 spiro atoms. The number of hydrogen-bond acceptors (Lipinski definition) is 2. The molecular formula is C46H32N2. The van der Waals surface area contributed by atoms with Crippen molar-refractivity contribution < 1.29 is 0 Å². The third-order valence-corrected chi connectivity index (χ3v) is 9.67. The summed E-state index contributed by atoms with van der Waals surface area (Å²) in [6, 6.07) is 56.2. The van der Waals surface area contributed by atoms with Crippen molar-refractivity contribution in [2.24, 2.45) is 0 Å². The van der Waals surface area contributed by atoms with Crippen molar-refractivity contribution in [2.75, 3.05) is 0 Å². The largest absolute Gasteiger partial charge is 0.237 e. The zero-order valence-electron chi connectivity index (χ0n) is 26.4. The molecule has 0 saturated heterocycles.